The van der Waals surface area contributed by atoms with E-state index in [9.17, 15) is 0 Å². The molecule has 0 aromatic carbocycles. The van der Waals surface area contributed by atoms with E-state index in [1.54, 1.807) is 0 Å². The molecule has 0 amide bonds. The van der Waals surface area contributed by atoms with Gasteiger partial charge in [0.05, 0.1) is 6.10 Å². The molecule has 1 rings (SSSR count). The lowest BCUT2D eigenvalue weighted by Gasteiger charge is -2.33. The highest BCUT2D eigenvalue weighted by Gasteiger charge is 2.22. The van der Waals surface area contributed by atoms with E-state index in [0.29, 0.717) is 12.1 Å². The van der Waals surface area contributed by atoms with Gasteiger partial charge in [-0.1, -0.05) is 0 Å². The SMILES string of the molecule is CCOC(C)CNC(C)C1CCN(C)CC1. The summed E-state index contributed by atoms with van der Waals surface area (Å²) in [5.74, 6) is 0.838. The maximum Gasteiger partial charge on any atom is 0.0671 e. The molecule has 0 saturated carbocycles. The molecule has 1 fully saturated rings. The highest BCUT2D eigenvalue weighted by molar-refractivity contribution is 4.78. The molecule has 0 radical (unpaired) electrons. The average Bonchev–Trinajstić information content (AvgIpc) is 2.27. The second-order valence-corrected chi connectivity index (χ2v) is 5.10. The van der Waals surface area contributed by atoms with Crippen molar-refractivity contribution in [1.82, 2.24) is 10.2 Å². The maximum atomic E-state index is 5.53. The van der Waals surface area contributed by atoms with E-state index >= 15 is 0 Å². The molecule has 1 heterocycles. The molecule has 3 heteroatoms. The van der Waals surface area contributed by atoms with Gasteiger partial charge in [0.2, 0.25) is 0 Å². The number of nitrogens with zero attached hydrogens (tertiary/aromatic N) is 1. The Balaban J connectivity index is 2.16. The van der Waals surface area contributed by atoms with Crippen molar-refractivity contribution >= 4 is 0 Å². The van der Waals surface area contributed by atoms with Gasteiger partial charge < -0.3 is 15.0 Å². The minimum Gasteiger partial charge on any atom is -0.377 e. The van der Waals surface area contributed by atoms with Crippen molar-refractivity contribution in [3.63, 3.8) is 0 Å². The van der Waals surface area contributed by atoms with E-state index in [-0.39, 0.29) is 0 Å². The van der Waals surface area contributed by atoms with Crippen molar-refractivity contribution in [1.29, 1.82) is 0 Å². The number of hydrogen-bond donors (Lipinski definition) is 1. The molecule has 3 nitrogen and oxygen atoms in total. The number of ether oxygens (including phenoxy) is 1. The van der Waals surface area contributed by atoms with Crippen LogP contribution in [0, 0.1) is 5.92 Å². The third-order valence-corrected chi connectivity index (χ3v) is 3.65. The Bertz CT molecular complexity index is 179. The van der Waals surface area contributed by atoms with Gasteiger partial charge in [0.15, 0.2) is 0 Å². The van der Waals surface area contributed by atoms with Gasteiger partial charge in [-0.05, 0) is 59.7 Å². The maximum absolute atomic E-state index is 5.53. The first-order chi connectivity index (χ1) is 7.63. The summed E-state index contributed by atoms with van der Waals surface area (Å²) in [6, 6.07) is 0.622. The predicted molar refractivity (Wildman–Crippen MR) is 68.8 cm³/mol. The number of rotatable bonds is 6. The molecule has 0 bridgehead atoms. The van der Waals surface area contributed by atoms with Gasteiger partial charge in [0, 0.05) is 19.2 Å². The fourth-order valence-electron chi connectivity index (χ4n) is 2.39. The van der Waals surface area contributed by atoms with Gasteiger partial charge in [-0.3, -0.25) is 0 Å². The van der Waals surface area contributed by atoms with Crippen LogP contribution in [0.5, 0.6) is 0 Å². The Kier molecular flexibility index (Phi) is 6.32. The number of piperidine rings is 1. The van der Waals surface area contributed by atoms with Crippen molar-refractivity contribution in [3.05, 3.63) is 0 Å². The molecule has 2 unspecified atom stereocenters. The zero-order valence-corrected chi connectivity index (χ0v) is 11.3. The molecule has 1 aliphatic rings. The van der Waals surface area contributed by atoms with Gasteiger partial charge in [0.1, 0.15) is 0 Å². The Hall–Kier alpha value is -0.120. The predicted octanol–water partition coefficient (Wildman–Crippen LogP) is 1.73. The highest BCUT2D eigenvalue weighted by atomic mass is 16.5. The fourth-order valence-corrected chi connectivity index (χ4v) is 2.39. The van der Waals surface area contributed by atoms with Crippen molar-refractivity contribution in [3.8, 4) is 0 Å². The standard InChI is InChI=1S/C13H28N2O/c1-5-16-11(2)10-14-12(3)13-6-8-15(4)9-7-13/h11-14H,5-10H2,1-4H3. The van der Waals surface area contributed by atoms with E-state index < -0.39 is 0 Å². The van der Waals surface area contributed by atoms with E-state index in [0.717, 1.165) is 19.1 Å². The second-order valence-electron chi connectivity index (χ2n) is 5.10. The van der Waals surface area contributed by atoms with Crippen LogP contribution in [-0.4, -0.2) is 50.3 Å². The highest BCUT2D eigenvalue weighted by Crippen LogP contribution is 2.19. The summed E-state index contributed by atoms with van der Waals surface area (Å²) in [6.07, 6.45) is 2.99. The largest absolute Gasteiger partial charge is 0.377 e. The van der Waals surface area contributed by atoms with Crippen LogP contribution in [0.2, 0.25) is 0 Å². The molecule has 1 aliphatic heterocycles. The third-order valence-electron chi connectivity index (χ3n) is 3.65. The number of likely N-dealkylation sites (tertiary alicyclic amines) is 1. The van der Waals surface area contributed by atoms with E-state index in [1.807, 2.05) is 0 Å². The van der Waals surface area contributed by atoms with Crippen LogP contribution < -0.4 is 5.32 Å². The molecular weight excluding hydrogens is 200 g/mol. The Morgan fingerprint density at radius 1 is 1.31 bits per heavy atom. The van der Waals surface area contributed by atoms with Crippen molar-refractivity contribution < 1.29 is 4.74 Å². The van der Waals surface area contributed by atoms with Crippen LogP contribution in [0.15, 0.2) is 0 Å². The summed E-state index contributed by atoms with van der Waals surface area (Å²) >= 11 is 0. The van der Waals surface area contributed by atoms with Crippen LogP contribution in [0.1, 0.15) is 33.6 Å². The van der Waals surface area contributed by atoms with E-state index in [1.165, 1.54) is 25.9 Å². The molecule has 1 N–H and O–H groups in total. The van der Waals surface area contributed by atoms with Crippen molar-refractivity contribution in [2.24, 2.45) is 5.92 Å². The topological polar surface area (TPSA) is 24.5 Å². The molecule has 96 valence electrons. The van der Waals surface area contributed by atoms with E-state index in [2.05, 4.69) is 38.0 Å². The third kappa shape index (κ3) is 4.81. The summed E-state index contributed by atoms with van der Waals surface area (Å²) in [7, 11) is 2.21. The smallest absolute Gasteiger partial charge is 0.0671 e. The Labute approximate surface area is 101 Å². The first-order valence-corrected chi connectivity index (χ1v) is 6.67. The Morgan fingerprint density at radius 2 is 1.94 bits per heavy atom. The normalized spacial score (nSPS) is 23.2. The molecule has 16 heavy (non-hydrogen) atoms. The fraction of sp³-hybridized carbons (Fsp3) is 1.00. The van der Waals surface area contributed by atoms with Crippen LogP contribution in [0.3, 0.4) is 0 Å². The zero-order chi connectivity index (χ0) is 12.0. The van der Waals surface area contributed by atoms with Crippen LogP contribution in [-0.2, 0) is 4.74 Å². The zero-order valence-electron chi connectivity index (χ0n) is 11.3. The Morgan fingerprint density at radius 3 is 2.50 bits per heavy atom. The monoisotopic (exact) mass is 228 g/mol. The molecular formula is C13H28N2O. The van der Waals surface area contributed by atoms with Gasteiger partial charge in [0.25, 0.3) is 0 Å². The second kappa shape index (κ2) is 7.25. The summed E-state index contributed by atoms with van der Waals surface area (Å²) in [6.45, 7) is 10.8. The van der Waals surface area contributed by atoms with E-state index in [4.69, 9.17) is 4.74 Å². The average molecular weight is 228 g/mol. The van der Waals surface area contributed by atoms with Gasteiger partial charge in [-0.2, -0.15) is 0 Å². The first kappa shape index (κ1) is 13.9. The number of nitrogens with one attached hydrogen (secondary N) is 1. The lowest BCUT2D eigenvalue weighted by atomic mass is 9.90. The molecule has 0 aromatic rings. The lowest BCUT2D eigenvalue weighted by molar-refractivity contribution is 0.0707. The van der Waals surface area contributed by atoms with Crippen LogP contribution in [0.4, 0.5) is 0 Å². The molecule has 2 atom stereocenters. The summed E-state index contributed by atoms with van der Waals surface area (Å²) < 4.78 is 5.53. The summed E-state index contributed by atoms with van der Waals surface area (Å²) in [4.78, 5) is 2.42. The van der Waals surface area contributed by atoms with Crippen LogP contribution in [0.25, 0.3) is 0 Å². The molecule has 0 spiro atoms. The molecule has 1 saturated heterocycles. The summed E-state index contributed by atoms with van der Waals surface area (Å²) in [5.41, 5.74) is 0. The van der Waals surface area contributed by atoms with Gasteiger partial charge in [-0.25, -0.2) is 0 Å². The lowest BCUT2D eigenvalue weighted by Crippen LogP contribution is -2.43. The van der Waals surface area contributed by atoms with Gasteiger partial charge >= 0.3 is 0 Å². The van der Waals surface area contributed by atoms with Gasteiger partial charge in [-0.15, -0.1) is 0 Å². The molecule has 0 aromatic heterocycles. The van der Waals surface area contributed by atoms with Crippen LogP contribution >= 0.6 is 0 Å². The quantitative estimate of drug-likeness (QED) is 0.749. The molecule has 0 aliphatic carbocycles. The van der Waals surface area contributed by atoms with Crippen molar-refractivity contribution in [2.45, 2.75) is 45.8 Å². The first-order valence-electron chi connectivity index (χ1n) is 6.67. The minimum atomic E-state index is 0.332. The number of hydrogen-bond acceptors (Lipinski definition) is 3. The minimum absolute atomic E-state index is 0.332. The summed E-state index contributed by atoms with van der Waals surface area (Å²) in [5, 5.41) is 3.61. The van der Waals surface area contributed by atoms with Crippen molar-refractivity contribution in [2.75, 3.05) is 33.3 Å².